The van der Waals surface area contributed by atoms with Gasteiger partial charge in [0.15, 0.2) is 6.10 Å². The van der Waals surface area contributed by atoms with Crippen molar-refractivity contribution >= 4 is 11.8 Å². The van der Waals surface area contributed by atoms with Crippen LogP contribution in [0.2, 0.25) is 0 Å². The summed E-state index contributed by atoms with van der Waals surface area (Å²) in [5.41, 5.74) is -1.24. The average Bonchev–Trinajstić information content (AvgIpc) is 2.70. The molecule has 0 saturated heterocycles. The van der Waals surface area contributed by atoms with Crippen molar-refractivity contribution in [1.29, 1.82) is 0 Å². The number of fused-ring (bicyclic) bond motifs is 1. The maximum Gasteiger partial charge on any atom is 0.522 e. The van der Waals surface area contributed by atoms with Crippen molar-refractivity contribution < 1.29 is 50.1 Å². The maximum atomic E-state index is 12.9. The van der Waals surface area contributed by atoms with E-state index in [1.165, 1.54) is 6.07 Å². The van der Waals surface area contributed by atoms with Crippen molar-refractivity contribution in [3.63, 3.8) is 0 Å². The predicted octanol–water partition coefficient (Wildman–Crippen LogP) is 3.39. The highest BCUT2D eigenvalue weighted by Crippen LogP contribution is 2.60. The van der Waals surface area contributed by atoms with E-state index < -0.39 is 47.5 Å². The van der Waals surface area contributed by atoms with Crippen LogP contribution in [0.5, 0.6) is 5.75 Å². The zero-order valence-corrected chi connectivity index (χ0v) is 18.9. The molecule has 4 fully saturated rings. The quantitative estimate of drug-likeness (QED) is 0.537. The van der Waals surface area contributed by atoms with Crippen LogP contribution in [0.4, 0.5) is 26.3 Å². The van der Waals surface area contributed by atoms with Gasteiger partial charge in [0.2, 0.25) is 5.91 Å². The Kier molecular flexibility index (Phi) is 5.94. The van der Waals surface area contributed by atoms with Gasteiger partial charge in [-0.1, -0.05) is 0 Å². The van der Waals surface area contributed by atoms with Gasteiger partial charge >= 0.3 is 12.5 Å². The van der Waals surface area contributed by atoms with E-state index in [1.807, 2.05) is 0 Å². The number of amides is 2. The monoisotopic (exact) mass is 522 g/mol. The summed E-state index contributed by atoms with van der Waals surface area (Å²) in [5, 5.41) is 5.82. The van der Waals surface area contributed by atoms with Crippen molar-refractivity contribution in [3.05, 3.63) is 29.3 Å². The van der Waals surface area contributed by atoms with Gasteiger partial charge in [-0.3, -0.25) is 14.3 Å². The van der Waals surface area contributed by atoms with Crippen LogP contribution < -0.4 is 15.4 Å². The lowest BCUT2D eigenvalue weighted by atomic mass is 9.44. The fourth-order valence-corrected chi connectivity index (χ4v) is 5.61. The minimum atomic E-state index is -4.68. The highest BCUT2D eigenvalue weighted by Gasteiger charge is 2.69. The summed E-state index contributed by atoms with van der Waals surface area (Å²) in [5.74, 6) is -0.456. The molecule has 0 aromatic heterocycles. The number of rotatable bonds is 7. The summed E-state index contributed by atoms with van der Waals surface area (Å²) in [6, 6.07) is 3.20. The lowest BCUT2D eigenvalue weighted by Crippen LogP contribution is -2.84. The van der Waals surface area contributed by atoms with Crippen LogP contribution >= 0.6 is 0 Å². The molecule has 1 aromatic carbocycles. The Bertz CT molecular complexity index is 1030. The molecule has 2 amide bonds. The topological polar surface area (TPSA) is 85.9 Å². The van der Waals surface area contributed by atoms with E-state index >= 15 is 0 Å². The molecule has 0 radical (unpaired) electrons. The molecule has 5 aliphatic rings. The number of carbonyl (C=O) groups is 2. The van der Waals surface area contributed by atoms with Gasteiger partial charge in [-0.05, 0) is 55.9 Å². The van der Waals surface area contributed by atoms with Gasteiger partial charge in [-0.25, -0.2) is 0 Å². The second kappa shape index (κ2) is 8.51. The molecule has 0 spiro atoms. The van der Waals surface area contributed by atoms with Crippen LogP contribution in [0.15, 0.2) is 18.2 Å². The second-order valence-electron chi connectivity index (χ2n) is 10.2. The zero-order chi connectivity index (χ0) is 25.9. The zero-order valence-electron chi connectivity index (χ0n) is 18.9. The molecular formula is C23H24F6N2O5. The Balaban J connectivity index is 1.02. The first-order chi connectivity index (χ1) is 16.7. The molecule has 2 bridgehead atoms. The Morgan fingerprint density at radius 2 is 1.67 bits per heavy atom. The smallest absolute Gasteiger partial charge is 0.480 e. The van der Waals surface area contributed by atoms with E-state index in [0.29, 0.717) is 24.8 Å². The summed E-state index contributed by atoms with van der Waals surface area (Å²) < 4.78 is 89.9. The molecule has 7 nitrogen and oxygen atoms in total. The van der Waals surface area contributed by atoms with Crippen LogP contribution in [-0.4, -0.2) is 54.2 Å². The number of benzene rings is 1. The second-order valence-corrected chi connectivity index (χ2v) is 10.2. The summed E-state index contributed by atoms with van der Waals surface area (Å²) in [7, 11) is 0. The molecule has 1 aliphatic heterocycles. The first-order valence-electron chi connectivity index (χ1n) is 11.6. The van der Waals surface area contributed by atoms with Gasteiger partial charge in [0.1, 0.15) is 12.4 Å². The lowest BCUT2D eigenvalue weighted by molar-refractivity contribution is -0.357. The number of aryl methyl sites for hydroxylation is 1. The molecule has 198 valence electrons. The van der Waals surface area contributed by atoms with E-state index in [0.717, 1.165) is 12.1 Å². The summed E-state index contributed by atoms with van der Waals surface area (Å²) in [4.78, 5) is 24.9. The van der Waals surface area contributed by atoms with Crippen LogP contribution in [-0.2, 0) is 31.7 Å². The standard InChI is InChI=1S/C23H24F6N2O5/c24-22(25,26)13-2-4-16-12(5-13)1-3-17(35-16)19(33)31-21-9-20(10-21,11-21)30-18(32)8-34-14-6-15(7-14)36-23(27,28)29/h2,4-5,14-15,17H,1,3,6-11H2,(H,30,32)(H,31,33)/t14?,15?,17-,20?,21?/m1/s1. The van der Waals surface area contributed by atoms with Gasteiger partial charge < -0.3 is 20.1 Å². The summed E-state index contributed by atoms with van der Waals surface area (Å²) in [6.07, 6.45) is -9.07. The molecule has 13 heteroatoms. The van der Waals surface area contributed by atoms with E-state index in [-0.39, 0.29) is 49.9 Å². The van der Waals surface area contributed by atoms with Crippen LogP contribution in [0, 0.1) is 0 Å². The van der Waals surface area contributed by atoms with Crippen LogP contribution in [0.25, 0.3) is 0 Å². The van der Waals surface area contributed by atoms with E-state index in [4.69, 9.17) is 9.47 Å². The third-order valence-electron chi connectivity index (χ3n) is 7.25. The van der Waals surface area contributed by atoms with Gasteiger partial charge in [-0.2, -0.15) is 13.2 Å². The number of alkyl halides is 6. The average molecular weight is 522 g/mol. The molecule has 1 heterocycles. The lowest BCUT2D eigenvalue weighted by Gasteiger charge is -2.70. The third kappa shape index (κ3) is 5.13. The number of halogens is 6. The largest absolute Gasteiger partial charge is 0.522 e. The highest BCUT2D eigenvalue weighted by atomic mass is 19.4. The van der Waals surface area contributed by atoms with E-state index in [9.17, 15) is 35.9 Å². The SMILES string of the molecule is O=C(COC1CC(OC(F)(F)F)C1)NC12CC(NC(=O)[C@H]3CCc4cc(C(F)(F)F)ccc4O3)(C1)C2. The molecule has 0 unspecified atom stereocenters. The predicted molar refractivity (Wildman–Crippen MR) is 110 cm³/mol. The van der Waals surface area contributed by atoms with Gasteiger partial charge in [0.05, 0.1) is 17.8 Å². The molecule has 2 N–H and O–H groups in total. The fourth-order valence-electron chi connectivity index (χ4n) is 5.61. The van der Waals surface area contributed by atoms with Crippen molar-refractivity contribution in [1.82, 2.24) is 10.6 Å². The van der Waals surface area contributed by atoms with Crippen LogP contribution in [0.3, 0.4) is 0 Å². The Labute approximate surface area is 201 Å². The number of hydrogen-bond donors (Lipinski definition) is 2. The fraction of sp³-hybridized carbons (Fsp3) is 0.652. The summed E-state index contributed by atoms with van der Waals surface area (Å²) in [6.45, 7) is -0.268. The van der Waals surface area contributed by atoms with Crippen LogP contribution in [0.1, 0.15) is 49.7 Å². The van der Waals surface area contributed by atoms with Crippen molar-refractivity contribution in [3.8, 4) is 5.75 Å². The first kappa shape index (κ1) is 25.1. The Morgan fingerprint density at radius 3 is 2.31 bits per heavy atom. The van der Waals surface area contributed by atoms with Gasteiger partial charge in [-0.15, -0.1) is 13.2 Å². The van der Waals surface area contributed by atoms with Crippen molar-refractivity contribution in [2.75, 3.05) is 6.61 Å². The third-order valence-corrected chi connectivity index (χ3v) is 7.25. The Morgan fingerprint density at radius 1 is 1.00 bits per heavy atom. The molecule has 4 aliphatic carbocycles. The number of ether oxygens (including phenoxy) is 3. The summed E-state index contributed by atoms with van der Waals surface area (Å²) >= 11 is 0. The Hall–Kier alpha value is -2.54. The van der Waals surface area contributed by atoms with Gasteiger partial charge in [0.25, 0.3) is 5.91 Å². The van der Waals surface area contributed by atoms with Crippen molar-refractivity contribution in [2.45, 2.75) is 86.9 Å². The van der Waals surface area contributed by atoms with E-state index in [1.54, 1.807) is 0 Å². The van der Waals surface area contributed by atoms with Crippen molar-refractivity contribution in [2.24, 2.45) is 0 Å². The molecule has 36 heavy (non-hydrogen) atoms. The number of nitrogens with one attached hydrogen (secondary N) is 2. The minimum Gasteiger partial charge on any atom is -0.480 e. The maximum absolute atomic E-state index is 12.9. The normalized spacial score (nSPS) is 32.7. The molecular weight excluding hydrogens is 498 g/mol. The number of carbonyl (C=O) groups excluding carboxylic acids is 2. The number of hydrogen-bond acceptors (Lipinski definition) is 5. The van der Waals surface area contributed by atoms with E-state index in [2.05, 4.69) is 15.4 Å². The highest BCUT2D eigenvalue weighted by molar-refractivity contribution is 5.84. The molecule has 1 aromatic rings. The molecule has 1 atom stereocenters. The minimum absolute atomic E-state index is 0.0737. The molecule has 6 rings (SSSR count). The van der Waals surface area contributed by atoms with Gasteiger partial charge in [0, 0.05) is 23.9 Å². The molecule has 4 saturated carbocycles. The first-order valence-corrected chi connectivity index (χ1v) is 11.6.